The van der Waals surface area contributed by atoms with Gasteiger partial charge in [0.05, 0.1) is 18.5 Å². The highest BCUT2D eigenvalue weighted by Gasteiger charge is 2.23. The fraction of sp³-hybridized carbons (Fsp3) is 0.0714. The molecule has 0 aromatic heterocycles. The van der Waals surface area contributed by atoms with Gasteiger partial charge in [-0.15, -0.1) is 11.8 Å². The minimum absolute atomic E-state index is 0.146. The van der Waals surface area contributed by atoms with Gasteiger partial charge in [-0.25, -0.2) is 4.39 Å². The number of thiocarbonyl (C=S) groups is 1. The van der Waals surface area contributed by atoms with Crippen molar-refractivity contribution in [1.82, 2.24) is 0 Å². The average molecular weight is 518 g/mol. The van der Waals surface area contributed by atoms with Crippen LogP contribution in [0.15, 0.2) is 108 Å². The Hall–Kier alpha value is -3.88. The van der Waals surface area contributed by atoms with Gasteiger partial charge >= 0.3 is 0 Å². The van der Waals surface area contributed by atoms with Crippen LogP contribution in [0.1, 0.15) is 10.8 Å². The first-order valence-electron chi connectivity index (χ1n) is 11.1. The molecule has 4 aromatic carbocycles. The van der Waals surface area contributed by atoms with E-state index < -0.39 is 11.1 Å². The molecular weight excluding hydrogens is 493 g/mol. The van der Waals surface area contributed by atoms with Crippen molar-refractivity contribution in [3.8, 4) is 5.75 Å². The second kappa shape index (κ2) is 12.2. The Morgan fingerprint density at radius 3 is 2.28 bits per heavy atom. The molecule has 4 aromatic rings. The first-order chi connectivity index (χ1) is 17.5. The lowest BCUT2D eigenvalue weighted by Gasteiger charge is -2.18. The number of carbonyl (C=O) groups excluding carboxylic acids is 1. The zero-order valence-corrected chi connectivity index (χ0v) is 21.0. The van der Waals surface area contributed by atoms with E-state index in [9.17, 15) is 9.18 Å². The topological polar surface area (TPSA) is 62.4 Å². The van der Waals surface area contributed by atoms with Crippen LogP contribution in [-0.4, -0.2) is 18.1 Å². The minimum Gasteiger partial charge on any atom is -0.495 e. The van der Waals surface area contributed by atoms with Gasteiger partial charge in [0.15, 0.2) is 5.11 Å². The lowest BCUT2D eigenvalue weighted by atomic mass is 10.1. The van der Waals surface area contributed by atoms with E-state index in [4.69, 9.17) is 17.0 Å². The van der Waals surface area contributed by atoms with E-state index in [1.807, 2.05) is 78.9 Å². The molecule has 0 saturated carbocycles. The van der Waals surface area contributed by atoms with Crippen molar-refractivity contribution in [2.75, 3.05) is 23.1 Å². The maximum atomic E-state index is 14.2. The molecule has 1 amide bonds. The van der Waals surface area contributed by atoms with Gasteiger partial charge in [0, 0.05) is 10.6 Å². The molecule has 182 valence electrons. The molecule has 0 radical (unpaired) electrons. The monoisotopic (exact) mass is 517 g/mol. The third-order valence-corrected chi connectivity index (χ3v) is 6.63. The number of rotatable bonds is 8. The van der Waals surface area contributed by atoms with Crippen LogP contribution in [-0.2, 0) is 4.79 Å². The zero-order valence-electron chi connectivity index (χ0n) is 19.4. The van der Waals surface area contributed by atoms with Crippen molar-refractivity contribution < 1.29 is 13.9 Å². The maximum absolute atomic E-state index is 14.2. The number of amides is 1. The van der Waals surface area contributed by atoms with E-state index in [1.54, 1.807) is 25.3 Å². The Bertz CT molecular complexity index is 1350. The molecule has 4 rings (SSSR count). The Morgan fingerprint density at radius 1 is 0.833 bits per heavy atom. The molecule has 0 spiro atoms. The predicted octanol–water partition coefficient (Wildman–Crippen LogP) is 7.12. The van der Waals surface area contributed by atoms with Gasteiger partial charge in [-0.2, -0.15) is 0 Å². The lowest BCUT2D eigenvalue weighted by molar-refractivity contribution is -0.115. The van der Waals surface area contributed by atoms with Crippen molar-refractivity contribution in [1.29, 1.82) is 0 Å². The molecule has 1 unspecified atom stereocenters. The molecule has 0 bridgehead atoms. The third kappa shape index (κ3) is 6.62. The SMILES string of the molecule is COc1ccccc1NC(=S)Nc1cccc(SC(C(=O)Nc2ccccc2F)c2ccccc2)c1. The molecular formula is C28H24FN3O2S2. The van der Waals surface area contributed by atoms with Crippen molar-refractivity contribution >= 4 is 52.1 Å². The van der Waals surface area contributed by atoms with Gasteiger partial charge in [0.2, 0.25) is 5.91 Å². The summed E-state index contributed by atoms with van der Waals surface area (Å²) < 4.78 is 19.5. The number of methoxy groups -OCH3 is 1. The largest absolute Gasteiger partial charge is 0.495 e. The molecule has 5 nitrogen and oxygen atoms in total. The van der Waals surface area contributed by atoms with Crippen LogP contribution in [0.4, 0.5) is 21.5 Å². The van der Waals surface area contributed by atoms with Gasteiger partial charge in [0.25, 0.3) is 0 Å². The fourth-order valence-electron chi connectivity index (χ4n) is 3.48. The Morgan fingerprint density at radius 2 is 1.53 bits per heavy atom. The number of carbonyl (C=O) groups is 1. The summed E-state index contributed by atoms with van der Waals surface area (Å²) in [5.74, 6) is -0.120. The van der Waals surface area contributed by atoms with E-state index in [-0.39, 0.29) is 11.6 Å². The number of anilines is 3. The Balaban J connectivity index is 1.50. The van der Waals surface area contributed by atoms with Crippen molar-refractivity contribution in [2.24, 2.45) is 0 Å². The summed E-state index contributed by atoms with van der Waals surface area (Å²) in [4.78, 5) is 14.1. The molecule has 0 aliphatic heterocycles. The van der Waals surface area contributed by atoms with Crippen LogP contribution < -0.4 is 20.7 Å². The average Bonchev–Trinajstić information content (AvgIpc) is 2.89. The van der Waals surface area contributed by atoms with Gasteiger partial charge in [-0.3, -0.25) is 4.79 Å². The van der Waals surface area contributed by atoms with Crippen LogP contribution in [0.2, 0.25) is 0 Å². The highest BCUT2D eigenvalue weighted by Crippen LogP contribution is 2.37. The van der Waals surface area contributed by atoms with Gasteiger partial charge < -0.3 is 20.7 Å². The summed E-state index contributed by atoms with van der Waals surface area (Å²) in [7, 11) is 1.60. The molecule has 0 aliphatic rings. The summed E-state index contributed by atoms with van der Waals surface area (Å²) in [6, 6.07) is 30.6. The minimum atomic E-state index is -0.597. The summed E-state index contributed by atoms with van der Waals surface area (Å²) >= 11 is 6.84. The molecule has 3 N–H and O–H groups in total. The van der Waals surface area contributed by atoms with Gasteiger partial charge in [-0.1, -0.05) is 60.7 Å². The quantitative estimate of drug-likeness (QED) is 0.171. The van der Waals surface area contributed by atoms with E-state index in [0.29, 0.717) is 10.9 Å². The maximum Gasteiger partial charge on any atom is 0.242 e. The van der Waals surface area contributed by atoms with E-state index in [0.717, 1.165) is 21.8 Å². The molecule has 1 atom stereocenters. The molecule has 0 saturated heterocycles. The molecule has 0 aliphatic carbocycles. The number of nitrogens with one attached hydrogen (secondary N) is 3. The normalized spacial score (nSPS) is 11.3. The highest BCUT2D eigenvalue weighted by atomic mass is 32.2. The molecule has 36 heavy (non-hydrogen) atoms. The predicted molar refractivity (Wildman–Crippen MR) is 149 cm³/mol. The van der Waals surface area contributed by atoms with Gasteiger partial charge in [0.1, 0.15) is 16.8 Å². The number of benzene rings is 4. The first kappa shape index (κ1) is 25.2. The molecule has 0 fully saturated rings. The van der Waals surface area contributed by atoms with Crippen LogP contribution in [0.5, 0.6) is 5.75 Å². The van der Waals surface area contributed by atoms with E-state index in [2.05, 4.69) is 16.0 Å². The second-order valence-corrected chi connectivity index (χ2v) is 9.27. The summed E-state index contributed by atoms with van der Waals surface area (Å²) in [5.41, 5.74) is 2.46. The van der Waals surface area contributed by atoms with E-state index >= 15 is 0 Å². The van der Waals surface area contributed by atoms with Crippen molar-refractivity contribution in [3.63, 3.8) is 0 Å². The van der Waals surface area contributed by atoms with E-state index in [1.165, 1.54) is 17.8 Å². The Kier molecular flexibility index (Phi) is 8.54. The smallest absolute Gasteiger partial charge is 0.242 e. The number of halogens is 1. The van der Waals surface area contributed by atoms with Gasteiger partial charge in [-0.05, 0) is 60.2 Å². The zero-order chi connectivity index (χ0) is 25.3. The highest BCUT2D eigenvalue weighted by molar-refractivity contribution is 8.00. The molecule has 0 heterocycles. The van der Waals surface area contributed by atoms with Crippen LogP contribution in [0, 0.1) is 5.82 Å². The number of thioether (sulfide) groups is 1. The summed E-state index contributed by atoms with van der Waals surface area (Å²) in [5, 5.41) is 8.83. The number of ether oxygens (including phenoxy) is 1. The fourth-order valence-corrected chi connectivity index (χ4v) is 4.79. The van der Waals surface area contributed by atoms with Crippen LogP contribution in [0.3, 0.4) is 0 Å². The summed E-state index contributed by atoms with van der Waals surface area (Å²) in [6.07, 6.45) is 0. The van der Waals surface area contributed by atoms with Crippen LogP contribution in [0.25, 0.3) is 0 Å². The second-order valence-electron chi connectivity index (χ2n) is 7.68. The van der Waals surface area contributed by atoms with Crippen molar-refractivity contribution in [3.05, 3.63) is 115 Å². The first-order valence-corrected chi connectivity index (χ1v) is 12.4. The Labute approximate surface area is 219 Å². The molecule has 8 heteroatoms. The standard InChI is InChI=1S/C28H24FN3O2S2/c1-34-25-17-8-7-16-24(25)32-28(35)30-20-12-9-13-21(18-20)36-26(19-10-3-2-4-11-19)27(33)31-23-15-6-5-14-22(23)29/h2-18,26H,1H3,(H,31,33)(H2,30,32,35). The lowest BCUT2D eigenvalue weighted by Crippen LogP contribution is -2.20. The summed E-state index contributed by atoms with van der Waals surface area (Å²) in [6.45, 7) is 0. The van der Waals surface area contributed by atoms with Crippen LogP contribution >= 0.6 is 24.0 Å². The van der Waals surface area contributed by atoms with Crippen molar-refractivity contribution in [2.45, 2.75) is 10.1 Å². The number of hydrogen-bond acceptors (Lipinski definition) is 4. The number of hydrogen-bond donors (Lipinski definition) is 3. The third-order valence-electron chi connectivity index (χ3n) is 5.17. The number of para-hydroxylation sites is 3.